The Balaban J connectivity index is 1.10. The molecule has 280 valence electrons. The number of carbonyl (C=O) groups excluding carboxylic acids is 3. The van der Waals surface area contributed by atoms with Gasteiger partial charge in [0.05, 0.1) is 7.11 Å². The van der Waals surface area contributed by atoms with E-state index in [2.05, 4.69) is 52.2 Å². The number of nitrogens with zero attached hydrogens (tertiary/aromatic N) is 3. The van der Waals surface area contributed by atoms with Crippen LogP contribution < -0.4 is 15.4 Å². The van der Waals surface area contributed by atoms with Gasteiger partial charge in [0.1, 0.15) is 47.8 Å². The number of ether oxygens (including phenoxy) is 2. The number of fused-ring (bicyclic) bond motifs is 1. The molecular weight excluding hydrogens is 758 g/mol. The summed E-state index contributed by atoms with van der Waals surface area (Å²) in [7, 11) is 2.90. The SMILES string of the molecule is CO/N=C(\C(=O)NC1C(=O)N2C(C(=O)OCc3ccc(OC)cc3)=C(CCl)CSC12)c1csc(NC(c2ccccc2)(c2ccccc2)c2ccccc2)n1. The molecule has 11 nitrogen and oxygen atoms in total. The molecule has 7 rings (SSSR count). The van der Waals surface area contributed by atoms with Crippen LogP contribution in [-0.2, 0) is 36.1 Å². The fourth-order valence-corrected chi connectivity index (χ4v) is 9.03. The van der Waals surface area contributed by atoms with Crippen LogP contribution in [0.1, 0.15) is 27.9 Å². The summed E-state index contributed by atoms with van der Waals surface area (Å²) in [5.41, 5.74) is 3.68. The number of esters is 1. The van der Waals surface area contributed by atoms with Gasteiger partial charge in [-0.05, 0) is 40.0 Å². The van der Waals surface area contributed by atoms with Crippen molar-refractivity contribution < 1.29 is 28.7 Å². The van der Waals surface area contributed by atoms with E-state index in [4.69, 9.17) is 30.9 Å². The van der Waals surface area contributed by atoms with Gasteiger partial charge in [0.15, 0.2) is 10.8 Å². The maximum Gasteiger partial charge on any atom is 0.355 e. The summed E-state index contributed by atoms with van der Waals surface area (Å²) in [5.74, 6) is -0.706. The van der Waals surface area contributed by atoms with Crippen molar-refractivity contribution in [3.8, 4) is 5.75 Å². The molecule has 2 N–H and O–H groups in total. The fourth-order valence-electron chi connectivity index (χ4n) is 6.60. The normalized spacial score (nSPS) is 16.8. The number of β-lactam (4-membered cyclic amide) rings is 1. The van der Waals surface area contributed by atoms with E-state index in [1.165, 1.54) is 35.1 Å². The van der Waals surface area contributed by atoms with E-state index in [9.17, 15) is 14.4 Å². The van der Waals surface area contributed by atoms with E-state index >= 15 is 0 Å². The molecule has 0 bridgehead atoms. The second-order valence-corrected chi connectivity index (χ2v) is 14.7. The van der Waals surface area contributed by atoms with Crippen LogP contribution in [0.3, 0.4) is 0 Å². The van der Waals surface area contributed by atoms with Crippen molar-refractivity contribution in [1.82, 2.24) is 15.2 Å². The molecule has 0 aliphatic carbocycles. The van der Waals surface area contributed by atoms with Crippen molar-refractivity contribution in [2.75, 3.05) is 31.2 Å². The predicted octanol–water partition coefficient (Wildman–Crippen LogP) is 6.54. The standard InChI is InChI=1S/C41H36ClN5O6S2/c1-51-31-20-18-26(19-21-31)23-53-39(50)35-27(22-42)24-54-38-34(37(49)47(35)38)44-36(48)33(46-52-2)32-25-55-40(43-32)45-41(28-12-6-3-7-13-28,29-14-8-4-9-15-29)30-16-10-5-11-17-30/h3-21,25,34,38H,22-24H2,1-2H3,(H,43,45)(H,44,48)/b46-33-. The first-order valence-electron chi connectivity index (χ1n) is 17.2. The van der Waals surface area contributed by atoms with Gasteiger partial charge in [-0.2, -0.15) is 0 Å². The highest BCUT2D eigenvalue weighted by Crippen LogP contribution is 2.42. The number of aromatic nitrogens is 1. The maximum atomic E-state index is 13.9. The quantitative estimate of drug-likeness (QED) is 0.0321. The van der Waals surface area contributed by atoms with Gasteiger partial charge in [0.25, 0.3) is 11.8 Å². The highest BCUT2D eigenvalue weighted by Gasteiger charge is 2.54. The number of benzene rings is 4. The van der Waals surface area contributed by atoms with Crippen molar-refractivity contribution in [3.63, 3.8) is 0 Å². The van der Waals surface area contributed by atoms with Gasteiger partial charge in [0, 0.05) is 17.0 Å². The van der Waals surface area contributed by atoms with E-state index in [-0.39, 0.29) is 29.6 Å². The van der Waals surface area contributed by atoms with Crippen LogP contribution in [0, 0.1) is 0 Å². The fraction of sp³-hybridized carbons (Fsp3) is 0.195. The monoisotopic (exact) mass is 793 g/mol. The van der Waals surface area contributed by atoms with Gasteiger partial charge < -0.3 is 24.9 Å². The molecule has 2 amide bonds. The maximum absolute atomic E-state index is 13.9. The van der Waals surface area contributed by atoms with Gasteiger partial charge in [-0.1, -0.05) is 108 Å². The highest BCUT2D eigenvalue weighted by atomic mass is 35.5. The third-order valence-electron chi connectivity index (χ3n) is 9.28. The van der Waals surface area contributed by atoms with Gasteiger partial charge in [0.2, 0.25) is 0 Å². The lowest BCUT2D eigenvalue weighted by Crippen LogP contribution is -2.71. The molecule has 1 fully saturated rings. The molecule has 2 aliphatic rings. The van der Waals surface area contributed by atoms with Gasteiger partial charge in [-0.3, -0.25) is 14.5 Å². The van der Waals surface area contributed by atoms with Crippen molar-refractivity contribution in [2.24, 2.45) is 5.16 Å². The van der Waals surface area contributed by atoms with Crippen LogP contribution >= 0.6 is 34.7 Å². The Labute approximate surface area is 331 Å². The lowest BCUT2D eigenvalue weighted by molar-refractivity contribution is -0.153. The zero-order valence-corrected chi connectivity index (χ0v) is 32.2. The van der Waals surface area contributed by atoms with Crippen LogP contribution in [-0.4, -0.2) is 70.6 Å². The number of alkyl halides is 1. The van der Waals surface area contributed by atoms with Crippen LogP contribution in [0.15, 0.2) is 137 Å². The van der Waals surface area contributed by atoms with E-state index < -0.39 is 34.7 Å². The number of thiazole rings is 1. The Morgan fingerprint density at radius 3 is 2.05 bits per heavy atom. The second kappa shape index (κ2) is 16.8. The first-order chi connectivity index (χ1) is 26.9. The number of amides is 2. The number of nitrogens with one attached hydrogen (secondary N) is 2. The summed E-state index contributed by atoms with van der Waals surface area (Å²) in [4.78, 5) is 52.1. The first kappa shape index (κ1) is 37.7. The van der Waals surface area contributed by atoms with Crippen molar-refractivity contribution >= 4 is 63.3 Å². The number of carbonyl (C=O) groups is 3. The number of anilines is 1. The molecule has 2 atom stereocenters. The van der Waals surface area contributed by atoms with Crippen LogP contribution in [0.4, 0.5) is 5.13 Å². The molecule has 0 saturated carbocycles. The number of hydrogen-bond donors (Lipinski definition) is 2. The molecule has 2 unspecified atom stereocenters. The molecule has 14 heteroatoms. The number of hydrogen-bond acceptors (Lipinski definition) is 11. The molecule has 3 heterocycles. The lowest BCUT2D eigenvalue weighted by Gasteiger charge is -2.49. The topological polar surface area (TPSA) is 131 Å². The van der Waals surface area contributed by atoms with E-state index in [0.717, 1.165) is 22.3 Å². The number of rotatable bonds is 14. The summed E-state index contributed by atoms with van der Waals surface area (Å²) in [6.45, 7) is -0.00755. The summed E-state index contributed by atoms with van der Waals surface area (Å²) in [6, 6.07) is 36.4. The van der Waals surface area contributed by atoms with Crippen LogP contribution in [0.5, 0.6) is 5.75 Å². The summed E-state index contributed by atoms with van der Waals surface area (Å²) < 4.78 is 10.8. The largest absolute Gasteiger partial charge is 0.497 e. The molecule has 55 heavy (non-hydrogen) atoms. The molecule has 1 saturated heterocycles. The third kappa shape index (κ3) is 7.55. The first-order valence-corrected chi connectivity index (χ1v) is 19.7. The van der Waals surface area contributed by atoms with Crippen molar-refractivity contribution in [2.45, 2.75) is 23.6 Å². The molecule has 0 radical (unpaired) electrons. The zero-order valence-electron chi connectivity index (χ0n) is 29.8. The van der Waals surface area contributed by atoms with E-state index in [1.807, 2.05) is 54.6 Å². The Morgan fingerprint density at radius 1 is 0.909 bits per heavy atom. The van der Waals surface area contributed by atoms with E-state index in [0.29, 0.717) is 22.2 Å². The van der Waals surface area contributed by atoms with Crippen LogP contribution in [0.2, 0.25) is 0 Å². The minimum atomic E-state index is -0.945. The van der Waals surface area contributed by atoms with Gasteiger partial charge in [-0.15, -0.1) is 34.7 Å². The summed E-state index contributed by atoms with van der Waals surface area (Å²) >= 11 is 8.93. The Morgan fingerprint density at radius 2 is 1.51 bits per heavy atom. The van der Waals surface area contributed by atoms with Gasteiger partial charge >= 0.3 is 5.97 Å². The molecular formula is C41H36ClN5O6S2. The number of halogens is 1. The molecule has 0 spiro atoms. The average Bonchev–Trinajstić information content (AvgIpc) is 3.71. The predicted molar refractivity (Wildman–Crippen MR) is 214 cm³/mol. The zero-order chi connectivity index (χ0) is 38.4. The van der Waals surface area contributed by atoms with Gasteiger partial charge in [-0.25, -0.2) is 9.78 Å². The molecule has 2 aliphatic heterocycles. The summed E-state index contributed by atoms with van der Waals surface area (Å²) in [5, 5.41) is 12.2. The highest BCUT2D eigenvalue weighted by molar-refractivity contribution is 8.00. The molecule has 1 aromatic heterocycles. The Kier molecular flexibility index (Phi) is 11.5. The van der Waals surface area contributed by atoms with E-state index in [1.54, 1.807) is 36.8 Å². The molecule has 4 aromatic carbocycles. The lowest BCUT2D eigenvalue weighted by atomic mass is 9.77. The number of oxime groups is 1. The minimum absolute atomic E-state index is 0.00755. The smallest absolute Gasteiger partial charge is 0.355 e. The van der Waals surface area contributed by atoms with Crippen molar-refractivity contribution in [3.05, 3.63) is 160 Å². The summed E-state index contributed by atoms with van der Waals surface area (Å²) in [6.07, 6.45) is 0. The number of thioether (sulfide) groups is 1. The third-order valence-corrected chi connectivity index (χ3v) is 11.7. The second-order valence-electron chi connectivity index (χ2n) is 12.5. The Bertz CT molecular complexity index is 2120. The Hall–Kier alpha value is -5.63. The minimum Gasteiger partial charge on any atom is -0.497 e. The van der Waals surface area contributed by atoms with Crippen LogP contribution in [0.25, 0.3) is 0 Å². The molecule has 5 aromatic rings. The average molecular weight is 794 g/mol. The number of methoxy groups -OCH3 is 1. The van der Waals surface area contributed by atoms with Crippen molar-refractivity contribution in [1.29, 1.82) is 0 Å².